The van der Waals surface area contributed by atoms with Gasteiger partial charge in [0.05, 0.1) is 11.1 Å². The second kappa shape index (κ2) is 6.02. The summed E-state index contributed by atoms with van der Waals surface area (Å²) in [7, 11) is 0. The Hall–Kier alpha value is -1.26. The first-order valence-electron chi connectivity index (χ1n) is 6.21. The van der Waals surface area contributed by atoms with Crippen LogP contribution in [0.3, 0.4) is 0 Å². The molecular weight excluding hydrogens is 342 g/mol. The standard InChI is InChI=1S/C15H15BrClNO2/c1-8-6-12(10(3)20-8)9(2)18-15(19)11-4-5-13(16)14(17)7-11/h4-7,9H,1-3H3,(H,18,19). The molecule has 1 aromatic carbocycles. The smallest absolute Gasteiger partial charge is 0.251 e. The number of nitrogens with one attached hydrogen (secondary N) is 1. The first-order chi connectivity index (χ1) is 9.38. The monoisotopic (exact) mass is 355 g/mol. The van der Waals surface area contributed by atoms with Crippen molar-refractivity contribution in [2.24, 2.45) is 0 Å². The van der Waals surface area contributed by atoms with E-state index in [1.165, 1.54) is 0 Å². The number of hydrogen-bond acceptors (Lipinski definition) is 2. The summed E-state index contributed by atoms with van der Waals surface area (Å²) in [6.45, 7) is 5.71. The van der Waals surface area contributed by atoms with Crippen LogP contribution in [0.5, 0.6) is 0 Å². The summed E-state index contributed by atoms with van der Waals surface area (Å²) in [5, 5.41) is 3.45. The van der Waals surface area contributed by atoms with Crippen molar-refractivity contribution in [2.75, 3.05) is 0 Å². The molecule has 3 nitrogen and oxygen atoms in total. The zero-order chi connectivity index (χ0) is 14.9. The molecule has 1 heterocycles. The summed E-state index contributed by atoms with van der Waals surface area (Å²) < 4.78 is 6.25. The van der Waals surface area contributed by atoms with Crippen LogP contribution in [-0.4, -0.2) is 5.91 Å². The number of benzene rings is 1. The van der Waals surface area contributed by atoms with E-state index in [0.29, 0.717) is 10.6 Å². The van der Waals surface area contributed by atoms with Crippen molar-refractivity contribution in [3.05, 3.63) is 56.4 Å². The molecule has 2 rings (SSSR count). The van der Waals surface area contributed by atoms with Gasteiger partial charge in [0, 0.05) is 15.6 Å². The molecule has 20 heavy (non-hydrogen) atoms. The summed E-state index contributed by atoms with van der Waals surface area (Å²) in [6.07, 6.45) is 0. The minimum Gasteiger partial charge on any atom is -0.466 e. The Morgan fingerprint density at radius 3 is 2.60 bits per heavy atom. The number of hydrogen-bond donors (Lipinski definition) is 1. The highest BCUT2D eigenvalue weighted by atomic mass is 79.9. The minimum absolute atomic E-state index is 0.123. The van der Waals surface area contributed by atoms with Crippen LogP contribution in [0, 0.1) is 13.8 Å². The Morgan fingerprint density at radius 1 is 1.35 bits per heavy atom. The first-order valence-corrected chi connectivity index (χ1v) is 7.38. The largest absolute Gasteiger partial charge is 0.466 e. The maximum Gasteiger partial charge on any atom is 0.251 e. The van der Waals surface area contributed by atoms with Gasteiger partial charge in [0.15, 0.2) is 0 Å². The zero-order valence-corrected chi connectivity index (χ0v) is 13.8. The molecule has 0 aliphatic carbocycles. The third-order valence-corrected chi connectivity index (χ3v) is 4.31. The lowest BCUT2D eigenvalue weighted by Crippen LogP contribution is -2.26. The van der Waals surface area contributed by atoms with E-state index in [1.807, 2.05) is 26.8 Å². The van der Waals surface area contributed by atoms with Crippen LogP contribution in [0.1, 0.15) is 40.4 Å². The van der Waals surface area contributed by atoms with E-state index >= 15 is 0 Å². The maximum absolute atomic E-state index is 12.2. The van der Waals surface area contributed by atoms with Crippen LogP contribution in [0.25, 0.3) is 0 Å². The number of furan rings is 1. The zero-order valence-electron chi connectivity index (χ0n) is 11.5. The van der Waals surface area contributed by atoms with Crippen LogP contribution in [0.15, 0.2) is 33.2 Å². The summed E-state index contributed by atoms with van der Waals surface area (Å²) in [5.41, 5.74) is 1.52. The molecular formula is C15H15BrClNO2. The summed E-state index contributed by atoms with van der Waals surface area (Å²) in [4.78, 5) is 12.2. The summed E-state index contributed by atoms with van der Waals surface area (Å²) in [6, 6.07) is 6.94. The fourth-order valence-electron chi connectivity index (χ4n) is 2.08. The Bertz CT molecular complexity index is 651. The van der Waals surface area contributed by atoms with Gasteiger partial charge in [-0.05, 0) is 61.0 Å². The lowest BCUT2D eigenvalue weighted by molar-refractivity contribution is 0.0939. The molecule has 106 valence electrons. The molecule has 0 saturated heterocycles. The van der Waals surface area contributed by atoms with Crippen molar-refractivity contribution in [3.8, 4) is 0 Å². The van der Waals surface area contributed by atoms with Crippen molar-refractivity contribution in [2.45, 2.75) is 26.8 Å². The molecule has 0 aliphatic rings. The predicted octanol–water partition coefficient (Wildman–Crippen LogP) is 4.80. The predicted molar refractivity (Wildman–Crippen MR) is 83.2 cm³/mol. The van der Waals surface area contributed by atoms with Gasteiger partial charge in [-0.25, -0.2) is 0 Å². The normalized spacial score (nSPS) is 12.2. The Kier molecular flexibility index (Phi) is 4.55. The lowest BCUT2D eigenvalue weighted by Gasteiger charge is -2.13. The highest BCUT2D eigenvalue weighted by Crippen LogP contribution is 2.24. The Labute approximate surface area is 131 Å². The Balaban J connectivity index is 2.15. The number of halogens is 2. The number of rotatable bonds is 3. The average Bonchev–Trinajstić information content (AvgIpc) is 2.71. The molecule has 0 bridgehead atoms. The molecule has 0 saturated carbocycles. The Morgan fingerprint density at radius 2 is 2.05 bits per heavy atom. The summed E-state index contributed by atoms with van der Waals surface area (Å²) >= 11 is 9.30. The molecule has 0 aliphatic heterocycles. The van der Waals surface area contributed by atoms with Crippen LogP contribution in [-0.2, 0) is 0 Å². The van der Waals surface area contributed by atoms with Crippen LogP contribution in [0.2, 0.25) is 5.02 Å². The van der Waals surface area contributed by atoms with Crippen molar-refractivity contribution in [3.63, 3.8) is 0 Å². The van der Waals surface area contributed by atoms with Crippen LogP contribution in [0.4, 0.5) is 0 Å². The molecule has 1 unspecified atom stereocenters. The first kappa shape index (κ1) is 15.1. The quantitative estimate of drug-likeness (QED) is 0.858. The number of aryl methyl sites for hydroxylation is 2. The van der Waals surface area contributed by atoms with E-state index in [0.717, 1.165) is 21.6 Å². The van der Waals surface area contributed by atoms with Gasteiger partial charge in [-0.2, -0.15) is 0 Å². The molecule has 1 N–H and O–H groups in total. The minimum atomic E-state index is -0.162. The van der Waals surface area contributed by atoms with Crippen LogP contribution >= 0.6 is 27.5 Å². The van der Waals surface area contributed by atoms with Gasteiger partial charge in [0.2, 0.25) is 0 Å². The third kappa shape index (κ3) is 3.25. The fraction of sp³-hybridized carbons (Fsp3) is 0.267. The van der Waals surface area contributed by atoms with Crippen molar-refractivity contribution in [1.82, 2.24) is 5.32 Å². The van der Waals surface area contributed by atoms with E-state index in [2.05, 4.69) is 21.2 Å². The number of amides is 1. The van der Waals surface area contributed by atoms with Gasteiger partial charge < -0.3 is 9.73 Å². The van der Waals surface area contributed by atoms with Crippen LogP contribution < -0.4 is 5.32 Å². The average molecular weight is 357 g/mol. The van der Waals surface area contributed by atoms with Gasteiger partial charge in [-0.3, -0.25) is 4.79 Å². The fourth-order valence-corrected chi connectivity index (χ4v) is 2.50. The molecule has 1 aromatic heterocycles. The van der Waals surface area contributed by atoms with Gasteiger partial charge in [-0.15, -0.1) is 0 Å². The third-order valence-electron chi connectivity index (χ3n) is 3.08. The number of carbonyl (C=O) groups excluding carboxylic acids is 1. The molecule has 2 aromatic rings. The van der Waals surface area contributed by atoms with E-state index in [4.69, 9.17) is 16.0 Å². The molecule has 5 heteroatoms. The highest BCUT2D eigenvalue weighted by molar-refractivity contribution is 9.10. The topological polar surface area (TPSA) is 42.2 Å². The van der Waals surface area contributed by atoms with Crippen molar-refractivity contribution < 1.29 is 9.21 Å². The van der Waals surface area contributed by atoms with Crippen molar-refractivity contribution in [1.29, 1.82) is 0 Å². The SMILES string of the molecule is Cc1cc(C(C)NC(=O)c2ccc(Br)c(Cl)c2)c(C)o1. The molecule has 1 amide bonds. The highest BCUT2D eigenvalue weighted by Gasteiger charge is 2.16. The van der Waals surface area contributed by atoms with Gasteiger partial charge >= 0.3 is 0 Å². The molecule has 0 radical (unpaired) electrons. The number of carbonyl (C=O) groups is 1. The van der Waals surface area contributed by atoms with E-state index in [-0.39, 0.29) is 11.9 Å². The second-order valence-electron chi connectivity index (χ2n) is 4.69. The maximum atomic E-state index is 12.2. The second-order valence-corrected chi connectivity index (χ2v) is 5.95. The summed E-state index contributed by atoms with van der Waals surface area (Å²) in [5.74, 6) is 1.50. The molecule has 0 fully saturated rings. The molecule has 0 spiro atoms. The van der Waals surface area contributed by atoms with E-state index in [9.17, 15) is 4.79 Å². The lowest BCUT2D eigenvalue weighted by atomic mass is 10.1. The van der Waals surface area contributed by atoms with Gasteiger partial charge in [-0.1, -0.05) is 11.6 Å². The molecule has 1 atom stereocenters. The van der Waals surface area contributed by atoms with Gasteiger partial charge in [0.1, 0.15) is 11.5 Å². The van der Waals surface area contributed by atoms with Gasteiger partial charge in [0.25, 0.3) is 5.91 Å². The van der Waals surface area contributed by atoms with E-state index < -0.39 is 0 Å². The van der Waals surface area contributed by atoms with Crippen molar-refractivity contribution >= 4 is 33.4 Å². The van der Waals surface area contributed by atoms with E-state index in [1.54, 1.807) is 18.2 Å².